The van der Waals surface area contributed by atoms with E-state index in [9.17, 15) is 13.2 Å². The molecule has 2 aromatic carbocycles. The number of aryl methyl sites for hydroxylation is 3. The lowest BCUT2D eigenvalue weighted by Gasteiger charge is -2.09. The van der Waals surface area contributed by atoms with Crippen molar-refractivity contribution >= 4 is 6.08 Å². The van der Waals surface area contributed by atoms with Crippen LogP contribution in [0.2, 0.25) is 0 Å². The number of alkyl halides is 3. The van der Waals surface area contributed by atoms with Crippen LogP contribution in [-0.4, -0.2) is 0 Å². The highest BCUT2D eigenvalue weighted by atomic mass is 19.4. The standard InChI is InChI=1S/C11H12.C8H7F3.2C2H6/c1-9-6-7-10-4-2-3-5-11(10)8-9;1-6-2-4-7(5-3-6)8(9,10)11;2*1-2/h2,4,6-8H,3,5H2,1H3;2-5H,1H3;2*1-2H3. The zero-order chi connectivity index (χ0) is 20.2. The molecule has 0 heterocycles. The molecule has 1 aliphatic carbocycles. The molecule has 2 aromatic rings. The van der Waals surface area contributed by atoms with Crippen molar-refractivity contribution < 1.29 is 13.2 Å². The summed E-state index contributed by atoms with van der Waals surface area (Å²) in [6, 6.07) is 11.7. The third kappa shape index (κ3) is 8.37. The molecule has 144 valence electrons. The van der Waals surface area contributed by atoms with Crippen LogP contribution in [0.15, 0.2) is 48.5 Å². The smallest absolute Gasteiger partial charge is 0.166 e. The Bertz CT molecular complexity index is 650. The molecule has 26 heavy (non-hydrogen) atoms. The average molecular weight is 364 g/mol. The van der Waals surface area contributed by atoms with Gasteiger partial charge in [0.05, 0.1) is 5.56 Å². The number of halogens is 3. The van der Waals surface area contributed by atoms with E-state index in [-0.39, 0.29) is 0 Å². The van der Waals surface area contributed by atoms with Crippen molar-refractivity contribution in [2.24, 2.45) is 0 Å². The van der Waals surface area contributed by atoms with Crippen LogP contribution >= 0.6 is 0 Å². The van der Waals surface area contributed by atoms with E-state index in [0.717, 1.165) is 17.7 Å². The van der Waals surface area contributed by atoms with Gasteiger partial charge in [-0.25, -0.2) is 0 Å². The highest BCUT2D eigenvalue weighted by Crippen LogP contribution is 2.28. The minimum absolute atomic E-state index is 0.594. The summed E-state index contributed by atoms with van der Waals surface area (Å²) in [6.45, 7) is 11.9. The van der Waals surface area contributed by atoms with Gasteiger partial charge in [0.25, 0.3) is 0 Å². The lowest BCUT2D eigenvalue weighted by Crippen LogP contribution is -2.03. The van der Waals surface area contributed by atoms with Gasteiger partial charge in [0.2, 0.25) is 0 Å². The van der Waals surface area contributed by atoms with Crippen molar-refractivity contribution in [3.63, 3.8) is 0 Å². The minimum atomic E-state index is -4.21. The molecule has 0 fully saturated rings. The normalized spacial score (nSPS) is 11.6. The van der Waals surface area contributed by atoms with Crippen LogP contribution in [0.3, 0.4) is 0 Å². The second kappa shape index (κ2) is 12.3. The second-order valence-corrected chi connectivity index (χ2v) is 5.51. The predicted molar refractivity (Wildman–Crippen MR) is 107 cm³/mol. The van der Waals surface area contributed by atoms with Gasteiger partial charge >= 0.3 is 6.18 Å². The van der Waals surface area contributed by atoms with Gasteiger partial charge in [-0.3, -0.25) is 0 Å². The van der Waals surface area contributed by atoms with Crippen molar-refractivity contribution in [2.75, 3.05) is 0 Å². The van der Waals surface area contributed by atoms with Gasteiger partial charge in [-0.1, -0.05) is 81.3 Å². The lowest BCUT2D eigenvalue weighted by molar-refractivity contribution is -0.137. The Balaban J connectivity index is 0.000000404. The largest absolute Gasteiger partial charge is 0.416 e. The van der Waals surface area contributed by atoms with E-state index in [4.69, 9.17) is 0 Å². The lowest BCUT2D eigenvalue weighted by atomic mass is 9.96. The van der Waals surface area contributed by atoms with E-state index in [1.165, 1.54) is 41.7 Å². The first-order valence-electron chi connectivity index (χ1n) is 9.26. The first-order chi connectivity index (χ1) is 12.4. The number of hydrogen-bond donors (Lipinski definition) is 0. The van der Waals surface area contributed by atoms with E-state index in [0.29, 0.717) is 0 Å². The third-order valence-electron chi connectivity index (χ3n) is 3.56. The van der Waals surface area contributed by atoms with Crippen LogP contribution < -0.4 is 0 Å². The molecule has 0 N–H and O–H groups in total. The fourth-order valence-electron chi connectivity index (χ4n) is 2.31. The highest BCUT2D eigenvalue weighted by Gasteiger charge is 2.29. The van der Waals surface area contributed by atoms with E-state index >= 15 is 0 Å². The maximum Gasteiger partial charge on any atom is 0.416 e. The van der Waals surface area contributed by atoms with Gasteiger partial charge in [0.1, 0.15) is 0 Å². The Morgan fingerprint density at radius 2 is 1.31 bits per heavy atom. The number of benzene rings is 2. The molecule has 0 nitrogen and oxygen atoms in total. The Morgan fingerprint density at radius 3 is 1.85 bits per heavy atom. The first-order valence-corrected chi connectivity index (χ1v) is 9.26. The van der Waals surface area contributed by atoms with Crippen molar-refractivity contribution in [2.45, 2.75) is 60.6 Å². The van der Waals surface area contributed by atoms with E-state index in [1.54, 1.807) is 6.92 Å². The monoisotopic (exact) mass is 364 g/mol. The molecule has 0 amide bonds. The topological polar surface area (TPSA) is 0 Å². The fourth-order valence-corrected chi connectivity index (χ4v) is 2.31. The molecule has 0 bridgehead atoms. The van der Waals surface area contributed by atoms with Gasteiger partial charge in [-0.2, -0.15) is 13.2 Å². The van der Waals surface area contributed by atoms with E-state index < -0.39 is 11.7 Å². The van der Waals surface area contributed by atoms with Crippen molar-refractivity contribution in [1.82, 2.24) is 0 Å². The molecule has 3 rings (SSSR count). The van der Waals surface area contributed by atoms with E-state index in [2.05, 4.69) is 37.3 Å². The summed E-state index contributed by atoms with van der Waals surface area (Å²) in [5.41, 5.74) is 4.52. The van der Waals surface area contributed by atoms with Gasteiger partial charge in [0.15, 0.2) is 0 Å². The summed E-state index contributed by atoms with van der Waals surface area (Å²) < 4.78 is 35.8. The quantitative estimate of drug-likeness (QED) is 0.444. The molecule has 0 aliphatic heterocycles. The van der Waals surface area contributed by atoms with Gasteiger partial charge in [-0.05, 0) is 49.9 Å². The molecule has 1 aliphatic rings. The number of fused-ring (bicyclic) bond motifs is 1. The van der Waals surface area contributed by atoms with E-state index in [1.807, 2.05) is 27.7 Å². The molecule has 0 saturated carbocycles. The maximum absolute atomic E-state index is 11.9. The predicted octanol–water partition coefficient (Wildman–Crippen LogP) is 8.02. The van der Waals surface area contributed by atoms with Crippen LogP contribution in [0.5, 0.6) is 0 Å². The summed E-state index contributed by atoms with van der Waals surface area (Å²) in [6.07, 6.45) is 2.67. The number of hydrogen-bond acceptors (Lipinski definition) is 0. The van der Waals surface area contributed by atoms with Crippen molar-refractivity contribution in [1.29, 1.82) is 0 Å². The first kappa shape index (κ1) is 24.0. The van der Waals surface area contributed by atoms with Crippen LogP contribution in [0.1, 0.15) is 61.9 Å². The van der Waals surface area contributed by atoms with Crippen LogP contribution in [0.4, 0.5) is 13.2 Å². The summed E-state index contributed by atoms with van der Waals surface area (Å²) in [5, 5.41) is 0. The number of allylic oxidation sites excluding steroid dienone is 1. The number of rotatable bonds is 0. The van der Waals surface area contributed by atoms with Crippen molar-refractivity contribution in [3.05, 3.63) is 76.4 Å². The summed E-state index contributed by atoms with van der Waals surface area (Å²) in [7, 11) is 0. The Morgan fingerprint density at radius 1 is 0.769 bits per heavy atom. The summed E-state index contributed by atoms with van der Waals surface area (Å²) >= 11 is 0. The molecule has 0 saturated heterocycles. The maximum atomic E-state index is 11.9. The molecule has 0 unspecified atom stereocenters. The third-order valence-corrected chi connectivity index (χ3v) is 3.56. The Hall–Kier alpha value is -2.03. The van der Waals surface area contributed by atoms with Crippen LogP contribution in [0.25, 0.3) is 6.08 Å². The Kier molecular flexibility index (Phi) is 11.4. The van der Waals surface area contributed by atoms with Crippen LogP contribution in [-0.2, 0) is 12.6 Å². The molecule has 0 radical (unpaired) electrons. The average Bonchev–Trinajstić information content (AvgIpc) is 2.65. The zero-order valence-corrected chi connectivity index (χ0v) is 16.7. The minimum Gasteiger partial charge on any atom is -0.166 e. The molecular formula is C23H31F3. The molecule has 3 heteroatoms. The fraction of sp³-hybridized carbons (Fsp3) is 0.391. The van der Waals surface area contributed by atoms with Gasteiger partial charge in [0, 0.05) is 0 Å². The molecular weight excluding hydrogens is 333 g/mol. The molecule has 0 atom stereocenters. The highest BCUT2D eigenvalue weighted by molar-refractivity contribution is 5.56. The zero-order valence-electron chi connectivity index (χ0n) is 16.7. The molecule has 0 aromatic heterocycles. The summed E-state index contributed by atoms with van der Waals surface area (Å²) in [5.74, 6) is 0. The van der Waals surface area contributed by atoms with Gasteiger partial charge < -0.3 is 0 Å². The van der Waals surface area contributed by atoms with Gasteiger partial charge in [-0.15, -0.1) is 0 Å². The van der Waals surface area contributed by atoms with Crippen LogP contribution in [0, 0.1) is 13.8 Å². The SMILES string of the molecule is CC.CC.Cc1ccc(C(F)(F)F)cc1.Cc1ccc2c(c1)CCC=C2. The Labute approximate surface area is 156 Å². The second-order valence-electron chi connectivity index (χ2n) is 5.51. The molecule has 0 spiro atoms. The summed E-state index contributed by atoms with van der Waals surface area (Å²) in [4.78, 5) is 0. The van der Waals surface area contributed by atoms with Crippen molar-refractivity contribution in [3.8, 4) is 0 Å².